The number of aryl methyl sites for hydroxylation is 1. The number of nitro groups is 1. The average Bonchev–Trinajstić information content (AvgIpc) is 2.38. The van der Waals surface area contributed by atoms with Gasteiger partial charge in [0.25, 0.3) is 5.69 Å². The zero-order valence-corrected chi connectivity index (χ0v) is 12.4. The Hall–Kier alpha value is -1.47. The minimum absolute atomic E-state index is 0.0683. The van der Waals surface area contributed by atoms with Gasteiger partial charge in [-0.3, -0.25) is 10.1 Å². The number of likely N-dealkylation sites (tertiary alicyclic amines) is 1. The summed E-state index contributed by atoms with van der Waals surface area (Å²) < 4.78 is 25.2. The molecule has 1 aliphatic heterocycles. The van der Waals surface area contributed by atoms with E-state index in [-0.39, 0.29) is 10.6 Å². The third kappa shape index (κ3) is 2.99. The van der Waals surface area contributed by atoms with Crippen molar-refractivity contribution in [3.63, 3.8) is 0 Å². The molecule has 0 N–H and O–H groups in total. The quantitative estimate of drug-likeness (QED) is 0.627. The van der Waals surface area contributed by atoms with Crippen molar-refractivity contribution in [2.24, 2.45) is 0 Å². The van der Waals surface area contributed by atoms with Crippen molar-refractivity contribution in [3.8, 4) is 0 Å². The molecule has 0 unspecified atom stereocenters. The first kappa shape index (κ1) is 14.9. The van der Waals surface area contributed by atoms with Gasteiger partial charge in [0.05, 0.1) is 15.1 Å². The van der Waals surface area contributed by atoms with E-state index in [9.17, 15) is 18.5 Å². The van der Waals surface area contributed by atoms with E-state index in [2.05, 4.69) is 4.90 Å². The number of benzene rings is 1. The predicted molar refractivity (Wildman–Crippen MR) is 75.5 cm³/mol. The van der Waals surface area contributed by atoms with Gasteiger partial charge in [0.15, 0.2) is 9.84 Å². The van der Waals surface area contributed by atoms with Crippen molar-refractivity contribution in [3.05, 3.63) is 33.9 Å². The second-order valence-electron chi connectivity index (χ2n) is 5.31. The molecular weight excluding hydrogens is 280 g/mol. The van der Waals surface area contributed by atoms with Crippen LogP contribution in [0.2, 0.25) is 0 Å². The van der Waals surface area contributed by atoms with Crippen molar-refractivity contribution in [1.82, 2.24) is 4.90 Å². The van der Waals surface area contributed by atoms with Gasteiger partial charge >= 0.3 is 0 Å². The molecule has 1 heterocycles. The Balaban J connectivity index is 2.36. The molecule has 6 nitrogen and oxygen atoms in total. The van der Waals surface area contributed by atoms with Crippen LogP contribution in [0.25, 0.3) is 0 Å². The van der Waals surface area contributed by atoms with Crippen molar-refractivity contribution in [1.29, 1.82) is 0 Å². The maximum Gasteiger partial charge on any atom is 0.270 e. The second-order valence-corrected chi connectivity index (χ2v) is 7.54. The van der Waals surface area contributed by atoms with E-state index in [1.54, 1.807) is 6.92 Å². The molecule has 0 radical (unpaired) electrons. The molecule has 0 saturated carbocycles. The van der Waals surface area contributed by atoms with E-state index in [0.717, 1.165) is 13.1 Å². The molecule has 0 aromatic heterocycles. The monoisotopic (exact) mass is 298 g/mol. The molecule has 7 heteroatoms. The SMILES string of the molecule is Cc1cc([N+](=O)[O-])cc(S(=O)(=O)C2CCN(C)CC2)c1. The van der Waals surface area contributed by atoms with Crippen LogP contribution in [0, 0.1) is 17.0 Å². The minimum Gasteiger partial charge on any atom is -0.306 e. The van der Waals surface area contributed by atoms with Gasteiger partial charge in [-0.25, -0.2) is 8.42 Å². The summed E-state index contributed by atoms with van der Waals surface area (Å²) in [5.74, 6) is 0. The molecule has 2 rings (SSSR count). The van der Waals surface area contributed by atoms with E-state index in [1.807, 2.05) is 7.05 Å². The number of hydrogen-bond acceptors (Lipinski definition) is 5. The highest BCUT2D eigenvalue weighted by atomic mass is 32.2. The molecule has 0 spiro atoms. The minimum atomic E-state index is -3.50. The third-order valence-electron chi connectivity index (χ3n) is 3.68. The van der Waals surface area contributed by atoms with E-state index in [0.29, 0.717) is 18.4 Å². The van der Waals surface area contributed by atoms with Gasteiger partial charge in [-0.2, -0.15) is 0 Å². The highest BCUT2D eigenvalue weighted by molar-refractivity contribution is 7.92. The summed E-state index contributed by atoms with van der Waals surface area (Å²) in [6, 6.07) is 4.06. The first-order chi connectivity index (χ1) is 9.30. The predicted octanol–water partition coefficient (Wildman–Crippen LogP) is 1.77. The average molecular weight is 298 g/mol. The molecule has 1 aromatic carbocycles. The smallest absolute Gasteiger partial charge is 0.270 e. The van der Waals surface area contributed by atoms with Crippen LogP contribution in [0.5, 0.6) is 0 Å². The normalized spacial score (nSPS) is 18.1. The Kier molecular flexibility index (Phi) is 4.10. The number of non-ortho nitro benzene ring substituents is 1. The topological polar surface area (TPSA) is 80.5 Å². The summed E-state index contributed by atoms with van der Waals surface area (Å²) in [4.78, 5) is 12.5. The molecule has 0 aliphatic carbocycles. The lowest BCUT2D eigenvalue weighted by Crippen LogP contribution is -2.37. The first-order valence-electron chi connectivity index (χ1n) is 6.49. The van der Waals surface area contributed by atoms with E-state index in [1.165, 1.54) is 18.2 Å². The van der Waals surface area contributed by atoms with Crippen LogP contribution in [-0.4, -0.2) is 43.6 Å². The fourth-order valence-electron chi connectivity index (χ4n) is 2.49. The summed E-state index contributed by atoms with van der Waals surface area (Å²) in [6.07, 6.45) is 1.14. The molecule has 1 saturated heterocycles. The number of rotatable bonds is 3. The summed E-state index contributed by atoms with van der Waals surface area (Å²) >= 11 is 0. The van der Waals surface area contributed by atoms with Crippen LogP contribution >= 0.6 is 0 Å². The van der Waals surface area contributed by atoms with Crippen LogP contribution in [0.1, 0.15) is 18.4 Å². The Morgan fingerprint density at radius 2 is 1.85 bits per heavy atom. The summed E-state index contributed by atoms with van der Waals surface area (Å²) in [7, 11) is -1.54. The van der Waals surface area contributed by atoms with Gasteiger partial charge in [-0.15, -0.1) is 0 Å². The van der Waals surface area contributed by atoms with Crippen LogP contribution in [0.3, 0.4) is 0 Å². The lowest BCUT2D eigenvalue weighted by atomic mass is 10.1. The van der Waals surface area contributed by atoms with Crippen molar-refractivity contribution < 1.29 is 13.3 Å². The van der Waals surface area contributed by atoms with Crippen LogP contribution < -0.4 is 0 Å². The van der Waals surface area contributed by atoms with Gasteiger partial charge in [0.2, 0.25) is 0 Å². The zero-order chi connectivity index (χ0) is 14.9. The summed E-state index contributed by atoms with van der Waals surface area (Å²) in [5, 5.41) is 10.4. The van der Waals surface area contributed by atoms with Gasteiger partial charge < -0.3 is 4.90 Å². The fourth-order valence-corrected chi connectivity index (χ4v) is 4.34. The Morgan fingerprint density at radius 3 is 2.40 bits per heavy atom. The molecule has 1 aromatic rings. The molecule has 1 fully saturated rings. The molecule has 0 amide bonds. The second kappa shape index (κ2) is 5.49. The highest BCUT2D eigenvalue weighted by Gasteiger charge is 2.31. The van der Waals surface area contributed by atoms with E-state index >= 15 is 0 Å². The lowest BCUT2D eigenvalue weighted by Gasteiger charge is -2.28. The van der Waals surface area contributed by atoms with Gasteiger partial charge in [-0.1, -0.05) is 0 Å². The standard InChI is InChI=1S/C13H18N2O4S/c1-10-7-11(15(16)17)9-13(8-10)20(18,19)12-3-5-14(2)6-4-12/h7-9,12H,3-6H2,1-2H3. The molecule has 110 valence electrons. The first-order valence-corrected chi connectivity index (χ1v) is 8.04. The third-order valence-corrected chi connectivity index (χ3v) is 5.92. The fraction of sp³-hybridized carbons (Fsp3) is 0.538. The van der Waals surface area contributed by atoms with Gasteiger partial charge in [-0.05, 0) is 51.5 Å². The van der Waals surface area contributed by atoms with E-state index < -0.39 is 20.0 Å². The lowest BCUT2D eigenvalue weighted by molar-refractivity contribution is -0.385. The molecular formula is C13H18N2O4S. The maximum absolute atomic E-state index is 12.6. The number of nitrogens with zero attached hydrogens (tertiary/aromatic N) is 2. The Labute approximate surface area is 118 Å². The number of piperidine rings is 1. The number of hydrogen-bond donors (Lipinski definition) is 0. The zero-order valence-electron chi connectivity index (χ0n) is 11.6. The van der Waals surface area contributed by atoms with Crippen LogP contribution in [-0.2, 0) is 9.84 Å². The Bertz CT molecular complexity index is 619. The Morgan fingerprint density at radius 1 is 1.25 bits per heavy atom. The number of nitro benzene ring substituents is 1. The number of sulfone groups is 1. The molecule has 20 heavy (non-hydrogen) atoms. The summed E-state index contributed by atoms with van der Waals surface area (Å²) in [5.41, 5.74) is 0.419. The molecule has 0 atom stereocenters. The van der Waals surface area contributed by atoms with Crippen LogP contribution in [0.4, 0.5) is 5.69 Å². The largest absolute Gasteiger partial charge is 0.306 e. The van der Waals surface area contributed by atoms with Gasteiger partial charge in [0, 0.05) is 12.1 Å². The maximum atomic E-state index is 12.6. The summed E-state index contributed by atoms with van der Waals surface area (Å²) in [6.45, 7) is 3.14. The molecule has 0 bridgehead atoms. The van der Waals surface area contributed by atoms with Crippen molar-refractivity contribution in [2.45, 2.75) is 29.9 Å². The van der Waals surface area contributed by atoms with Crippen LogP contribution in [0.15, 0.2) is 23.1 Å². The molecule has 1 aliphatic rings. The van der Waals surface area contributed by atoms with E-state index in [4.69, 9.17) is 0 Å². The van der Waals surface area contributed by atoms with Crippen molar-refractivity contribution >= 4 is 15.5 Å². The van der Waals surface area contributed by atoms with Gasteiger partial charge in [0.1, 0.15) is 0 Å². The van der Waals surface area contributed by atoms with Crippen molar-refractivity contribution in [2.75, 3.05) is 20.1 Å². The highest BCUT2D eigenvalue weighted by Crippen LogP contribution is 2.27.